The van der Waals surface area contributed by atoms with Gasteiger partial charge in [-0.3, -0.25) is 4.79 Å². The number of nitrogens with zero attached hydrogens (tertiary/aromatic N) is 1. The lowest BCUT2D eigenvalue weighted by Gasteiger charge is -2.28. The SMILES string of the molecule is C=CC(=O)N(Cc1cccc(OC)c1F)C(C)COCC(F)(F)F. The number of hydrogen-bond acceptors (Lipinski definition) is 3. The first-order valence-electron chi connectivity index (χ1n) is 7.08. The van der Waals surface area contributed by atoms with Gasteiger partial charge in [0.15, 0.2) is 11.6 Å². The molecule has 1 aromatic carbocycles. The summed E-state index contributed by atoms with van der Waals surface area (Å²) in [7, 11) is 1.31. The normalized spacial score (nSPS) is 12.6. The Labute approximate surface area is 137 Å². The first-order valence-corrected chi connectivity index (χ1v) is 7.08. The molecule has 0 aromatic heterocycles. The van der Waals surface area contributed by atoms with Crippen molar-refractivity contribution < 1.29 is 31.8 Å². The molecule has 1 unspecified atom stereocenters. The molecule has 1 amide bonds. The maximum atomic E-state index is 14.2. The molecule has 0 heterocycles. The van der Waals surface area contributed by atoms with Gasteiger partial charge in [-0.25, -0.2) is 4.39 Å². The first-order chi connectivity index (χ1) is 11.2. The number of alkyl halides is 3. The van der Waals surface area contributed by atoms with Crippen molar-refractivity contribution in [2.24, 2.45) is 0 Å². The molecule has 1 rings (SSSR count). The summed E-state index contributed by atoms with van der Waals surface area (Å²) in [5.41, 5.74) is 0.173. The molecule has 8 heteroatoms. The molecule has 0 bridgehead atoms. The highest BCUT2D eigenvalue weighted by Gasteiger charge is 2.28. The molecule has 24 heavy (non-hydrogen) atoms. The topological polar surface area (TPSA) is 38.8 Å². The van der Waals surface area contributed by atoms with E-state index in [1.54, 1.807) is 6.07 Å². The maximum Gasteiger partial charge on any atom is 0.411 e. The number of methoxy groups -OCH3 is 1. The minimum Gasteiger partial charge on any atom is -0.494 e. The van der Waals surface area contributed by atoms with Crippen molar-refractivity contribution in [1.82, 2.24) is 4.90 Å². The summed E-state index contributed by atoms with van der Waals surface area (Å²) < 4.78 is 60.0. The summed E-state index contributed by atoms with van der Waals surface area (Å²) in [6.45, 7) is 2.95. The Kier molecular flexibility index (Phi) is 7.21. The highest BCUT2D eigenvalue weighted by molar-refractivity contribution is 5.87. The van der Waals surface area contributed by atoms with Gasteiger partial charge in [-0.05, 0) is 19.1 Å². The zero-order valence-corrected chi connectivity index (χ0v) is 13.4. The van der Waals surface area contributed by atoms with E-state index in [1.807, 2.05) is 0 Å². The minimum atomic E-state index is -4.45. The van der Waals surface area contributed by atoms with Crippen LogP contribution in [0.15, 0.2) is 30.9 Å². The monoisotopic (exact) mass is 349 g/mol. The second-order valence-electron chi connectivity index (χ2n) is 5.08. The number of amides is 1. The first kappa shape index (κ1) is 20.0. The number of hydrogen-bond donors (Lipinski definition) is 0. The second kappa shape index (κ2) is 8.68. The predicted octanol–water partition coefficient (Wildman–Crippen LogP) is 3.32. The average Bonchev–Trinajstić information content (AvgIpc) is 2.51. The van der Waals surface area contributed by atoms with Gasteiger partial charge in [0.05, 0.1) is 19.8 Å². The largest absolute Gasteiger partial charge is 0.494 e. The van der Waals surface area contributed by atoms with Crippen LogP contribution in [0.2, 0.25) is 0 Å². The molecule has 1 atom stereocenters. The second-order valence-corrected chi connectivity index (χ2v) is 5.08. The van der Waals surface area contributed by atoms with Crippen LogP contribution in [0.1, 0.15) is 12.5 Å². The quantitative estimate of drug-likeness (QED) is 0.534. The fourth-order valence-corrected chi connectivity index (χ4v) is 2.02. The Morgan fingerprint density at radius 2 is 2.08 bits per heavy atom. The van der Waals surface area contributed by atoms with E-state index in [9.17, 15) is 22.4 Å². The minimum absolute atomic E-state index is 0.0134. The Balaban J connectivity index is 2.86. The third kappa shape index (κ3) is 5.84. The fraction of sp³-hybridized carbons (Fsp3) is 0.438. The maximum absolute atomic E-state index is 14.2. The third-order valence-electron chi connectivity index (χ3n) is 3.22. The van der Waals surface area contributed by atoms with E-state index in [1.165, 1.54) is 31.1 Å². The molecule has 0 aliphatic rings. The molecule has 0 aliphatic heterocycles. The number of halogens is 4. The smallest absolute Gasteiger partial charge is 0.411 e. The van der Waals surface area contributed by atoms with Crippen LogP contribution in [0.25, 0.3) is 0 Å². The molecule has 1 aromatic rings. The van der Waals surface area contributed by atoms with Gasteiger partial charge in [-0.1, -0.05) is 18.7 Å². The van der Waals surface area contributed by atoms with E-state index in [2.05, 4.69) is 11.3 Å². The molecule has 0 N–H and O–H groups in total. The Bertz CT molecular complexity index is 575. The van der Waals surface area contributed by atoms with Gasteiger partial charge in [0.1, 0.15) is 6.61 Å². The number of carbonyl (C=O) groups excluding carboxylic acids is 1. The van der Waals surface area contributed by atoms with Crippen molar-refractivity contribution in [3.05, 3.63) is 42.2 Å². The van der Waals surface area contributed by atoms with Gasteiger partial charge in [-0.2, -0.15) is 13.2 Å². The summed E-state index contributed by atoms with van der Waals surface area (Å²) in [5, 5.41) is 0. The van der Waals surface area contributed by atoms with Crippen LogP contribution in [0.4, 0.5) is 17.6 Å². The zero-order valence-electron chi connectivity index (χ0n) is 13.4. The zero-order chi connectivity index (χ0) is 18.3. The number of ether oxygens (including phenoxy) is 2. The number of rotatable bonds is 8. The van der Waals surface area contributed by atoms with Gasteiger partial charge in [0.2, 0.25) is 5.91 Å². The van der Waals surface area contributed by atoms with E-state index in [4.69, 9.17) is 4.74 Å². The molecular formula is C16H19F4NO3. The van der Waals surface area contributed by atoms with E-state index in [-0.39, 0.29) is 24.5 Å². The van der Waals surface area contributed by atoms with Crippen LogP contribution < -0.4 is 4.74 Å². The lowest BCUT2D eigenvalue weighted by atomic mass is 10.1. The summed E-state index contributed by atoms with van der Waals surface area (Å²) in [6.07, 6.45) is -3.44. The van der Waals surface area contributed by atoms with E-state index >= 15 is 0 Å². The van der Waals surface area contributed by atoms with Crippen molar-refractivity contribution in [1.29, 1.82) is 0 Å². The van der Waals surface area contributed by atoms with Crippen LogP contribution in [0.3, 0.4) is 0 Å². The lowest BCUT2D eigenvalue weighted by Crippen LogP contribution is -2.40. The summed E-state index contributed by atoms with van der Waals surface area (Å²) in [6, 6.07) is 3.74. The van der Waals surface area contributed by atoms with Crippen molar-refractivity contribution in [2.75, 3.05) is 20.3 Å². The van der Waals surface area contributed by atoms with Crippen LogP contribution in [-0.4, -0.2) is 43.3 Å². The third-order valence-corrected chi connectivity index (χ3v) is 3.22. The Morgan fingerprint density at radius 1 is 1.42 bits per heavy atom. The molecule has 134 valence electrons. The van der Waals surface area contributed by atoms with Gasteiger partial charge in [0, 0.05) is 12.1 Å². The fourth-order valence-electron chi connectivity index (χ4n) is 2.02. The van der Waals surface area contributed by atoms with Crippen LogP contribution in [-0.2, 0) is 16.1 Å². The molecule has 0 radical (unpaired) electrons. The molecule has 0 fully saturated rings. The molecule has 0 aliphatic carbocycles. The van der Waals surface area contributed by atoms with Gasteiger partial charge in [-0.15, -0.1) is 0 Å². The molecular weight excluding hydrogens is 330 g/mol. The summed E-state index contributed by atoms with van der Waals surface area (Å²) >= 11 is 0. The van der Waals surface area contributed by atoms with Gasteiger partial charge in [0.25, 0.3) is 0 Å². The van der Waals surface area contributed by atoms with Gasteiger partial charge >= 0.3 is 6.18 Å². The molecule has 4 nitrogen and oxygen atoms in total. The average molecular weight is 349 g/mol. The summed E-state index contributed by atoms with van der Waals surface area (Å²) in [4.78, 5) is 13.1. The van der Waals surface area contributed by atoms with Crippen molar-refractivity contribution >= 4 is 5.91 Å². The van der Waals surface area contributed by atoms with Crippen LogP contribution in [0.5, 0.6) is 5.75 Å². The predicted molar refractivity (Wildman–Crippen MR) is 80.0 cm³/mol. The highest BCUT2D eigenvalue weighted by Crippen LogP contribution is 2.22. The molecule has 0 saturated carbocycles. The number of benzene rings is 1. The Hall–Kier alpha value is -2.09. The van der Waals surface area contributed by atoms with Crippen molar-refractivity contribution in [3.63, 3.8) is 0 Å². The van der Waals surface area contributed by atoms with Gasteiger partial charge < -0.3 is 14.4 Å². The van der Waals surface area contributed by atoms with E-state index < -0.39 is 30.5 Å². The Morgan fingerprint density at radius 3 is 2.62 bits per heavy atom. The van der Waals surface area contributed by atoms with Crippen molar-refractivity contribution in [2.45, 2.75) is 25.7 Å². The molecule has 0 spiro atoms. The lowest BCUT2D eigenvalue weighted by molar-refractivity contribution is -0.177. The van der Waals surface area contributed by atoms with E-state index in [0.717, 1.165) is 6.08 Å². The highest BCUT2D eigenvalue weighted by atomic mass is 19.4. The standard InChI is InChI=1S/C16H19F4NO3/c1-4-14(22)21(11(2)9-24-10-16(18,19)20)8-12-6-5-7-13(23-3)15(12)17/h4-7,11H,1,8-10H2,2-3H3. The number of carbonyl (C=O) groups is 1. The van der Waals surface area contributed by atoms with Crippen LogP contribution in [0, 0.1) is 5.82 Å². The summed E-state index contributed by atoms with van der Waals surface area (Å²) in [5.74, 6) is -1.16. The van der Waals surface area contributed by atoms with Crippen LogP contribution >= 0.6 is 0 Å². The van der Waals surface area contributed by atoms with Crippen molar-refractivity contribution in [3.8, 4) is 5.75 Å². The van der Waals surface area contributed by atoms with E-state index in [0.29, 0.717) is 0 Å². The molecule has 0 saturated heterocycles.